The molecule has 1 aromatic carbocycles. The average molecular weight is 404 g/mol. The van der Waals surface area contributed by atoms with Gasteiger partial charge in [0.05, 0.1) is 0 Å². The van der Waals surface area contributed by atoms with Gasteiger partial charge in [0.1, 0.15) is 5.82 Å². The van der Waals surface area contributed by atoms with Crippen LogP contribution in [-0.4, -0.2) is 16.8 Å². The zero-order valence-electron chi connectivity index (χ0n) is 17.5. The number of rotatable bonds is 5. The predicted octanol–water partition coefficient (Wildman–Crippen LogP) is 4.47. The van der Waals surface area contributed by atoms with Gasteiger partial charge in [0.2, 0.25) is 5.91 Å². The molecule has 4 bridgehead atoms. The zero-order chi connectivity index (χ0) is 20.7. The highest BCUT2D eigenvalue weighted by Crippen LogP contribution is 2.60. The summed E-state index contributed by atoms with van der Waals surface area (Å²) in [5.41, 5.74) is 2.52. The monoisotopic (exact) mass is 403 g/mol. The van der Waals surface area contributed by atoms with Crippen LogP contribution in [0.3, 0.4) is 0 Å². The number of hydrogen-bond donors (Lipinski definition) is 2. The van der Waals surface area contributed by atoms with Crippen molar-refractivity contribution in [2.45, 2.75) is 52.0 Å². The van der Waals surface area contributed by atoms with Gasteiger partial charge in [-0.25, -0.2) is 4.98 Å². The van der Waals surface area contributed by atoms with Gasteiger partial charge in [-0.05, 0) is 92.5 Å². The number of carbonyl (C=O) groups is 2. The van der Waals surface area contributed by atoms with E-state index in [9.17, 15) is 9.59 Å². The van der Waals surface area contributed by atoms with E-state index in [0.717, 1.165) is 48.1 Å². The van der Waals surface area contributed by atoms with Crippen molar-refractivity contribution in [3.8, 4) is 0 Å². The van der Waals surface area contributed by atoms with E-state index in [2.05, 4.69) is 15.6 Å². The molecule has 1 heterocycles. The van der Waals surface area contributed by atoms with E-state index in [4.69, 9.17) is 0 Å². The molecule has 0 saturated heterocycles. The number of aryl methyl sites for hydroxylation is 1. The predicted molar refractivity (Wildman–Crippen MR) is 116 cm³/mol. The lowest BCUT2D eigenvalue weighted by Gasteiger charge is -2.55. The minimum atomic E-state index is -0.185. The van der Waals surface area contributed by atoms with Gasteiger partial charge < -0.3 is 10.6 Å². The van der Waals surface area contributed by atoms with E-state index in [0.29, 0.717) is 17.9 Å². The third kappa shape index (κ3) is 3.73. The molecule has 0 radical (unpaired) electrons. The van der Waals surface area contributed by atoms with Crippen molar-refractivity contribution in [2.75, 3.05) is 5.32 Å². The van der Waals surface area contributed by atoms with Gasteiger partial charge in [-0.1, -0.05) is 18.2 Å². The number of amides is 2. The molecule has 0 unspecified atom stereocenters. The van der Waals surface area contributed by atoms with Crippen LogP contribution < -0.4 is 10.6 Å². The van der Waals surface area contributed by atoms with Crippen LogP contribution in [0, 0.1) is 30.1 Å². The highest BCUT2D eigenvalue weighted by Gasteiger charge is 2.54. The Labute approximate surface area is 177 Å². The summed E-state index contributed by atoms with van der Waals surface area (Å²) in [6, 6.07) is 11.1. The first-order valence-electron chi connectivity index (χ1n) is 11.1. The number of aromatic nitrogens is 1. The Kier molecular flexibility index (Phi) is 4.84. The molecule has 0 atom stereocenters. The molecule has 4 saturated carbocycles. The molecule has 2 N–H and O–H groups in total. The van der Waals surface area contributed by atoms with E-state index in [-0.39, 0.29) is 17.2 Å². The van der Waals surface area contributed by atoms with Crippen molar-refractivity contribution in [3.05, 3.63) is 59.3 Å². The summed E-state index contributed by atoms with van der Waals surface area (Å²) in [6.45, 7) is 2.47. The van der Waals surface area contributed by atoms with Crippen LogP contribution in [0.25, 0.3) is 0 Å². The number of anilines is 1. The maximum absolute atomic E-state index is 13.1. The van der Waals surface area contributed by atoms with E-state index < -0.39 is 0 Å². The number of hydrogen-bond acceptors (Lipinski definition) is 3. The second-order valence-corrected chi connectivity index (χ2v) is 9.75. The van der Waals surface area contributed by atoms with E-state index in [1.165, 1.54) is 19.3 Å². The van der Waals surface area contributed by atoms with Gasteiger partial charge >= 0.3 is 0 Å². The SMILES string of the molecule is Cc1ccc(NC(=O)c2ccc(CNC(=O)C34CC5CC(CC(C5)C3)C4)cc2)nc1. The lowest BCUT2D eigenvalue weighted by molar-refractivity contribution is -0.146. The minimum Gasteiger partial charge on any atom is -0.352 e. The van der Waals surface area contributed by atoms with Gasteiger partial charge in [-0.3, -0.25) is 9.59 Å². The molecule has 2 aromatic rings. The van der Waals surface area contributed by atoms with Crippen LogP contribution in [0.5, 0.6) is 0 Å². The number of pyridine rings is 1. The Bertz CT molecular complexity index is 914. The van der Waals surface area contributed by atoms with E-state index >= 15 is 0 Å². The van der Waals surface area contributed by atoms with Crippen LogP contribution in [0.2, 0.25) is 0 Å². The van der Waals surface area contributed by atoms with Crippen molar-refractivity contribution in [1.29, 1.82) is 0 Å². The Morgan fingerprint density at radius 1 is 0.967 bits per heavy atom. The summed E-state index contributed by atoms with van der Waals surface area (Å²) in [5, 5.41) is 6.01. The third-order valence-corrected chi connectivity index (χ3v) is 7.34. The molecular weight excluding hydrogens is 374 g/mol. The van der Waals surface area contributed by atoms with Gasteiger partial charge in [0, 0.05) is 23.7 Å². The first-order chi connectivity index (χ1) is 14.5. The van der Waals surface area contributed by atoms with Crippen LogP contribution in [0.1, 0.15) is 60.0 Å². The second kappa shape index (κ2) is 7.53. The van der Waals surface area contributed by atoms with Crippen molar-refractivity contribution in [2.24, 2.45) is 23.2 Å². The molecule has 1 aromatic heterocycles. The Morgan fingerprint density at radius 3 is 2.17 bits per heavy atom. The van der Waals surface area contributed by atoms with E-state index in [1.807, 2.05) is 25.1 Å². The average Bonchev–Trinajstić information content (AvgIpc) is 2.73. The van der Waals surface area contributed by atoms with Crippen LogP contribution >= 0.6 is 0 Å². The molecule has 4 aliphatic rings. The summed E-state index contributed by atoms with van der Waals surface area (Å²) in [6.07, 6.45) is 8.99. The largest absolute Gasteiger partial charge is 0.352 e. The van der Waals surface area contributed by atoms with Gasteiger partial charge in [-0.2, -0.15) is 0 Å². The summed E-state index contributed by atoms with van der Waals surface area (Å²) >= 11 is 0. The molecule has 156 valence electrons. The van der Waals surface area contributed by atoms with Crippen molar-refractivity contribution in [1.82, 2.24) is 10.3 Å². The summed E-state index contributed by atoms with van der Waals surface area (Å²) in [5.74, 6) is 2.90. The highest BCUT2D eigenvalue weighted by atomic mass is 16.2. The quantitative estimate of drug-likeness (QED) is 0.773. The molecule has 4 aliphatic carbocycles. The molecule has 4 fully saturated rings. The Balaban J connectivity index is 1.18. The molecule has 0 aliphatic heterocycles. The summed E-state index contributed by atoms with van der Waals surface area (Å²) < 4.78 is 0. The van der Waals surface area contributed by atoms with Gasteiger partial charge in [0.25, 0.3) is 5.91 Å². The van der Waals surface area contributed by atoms with Crippen LogP contribution in [0.15, 0.2) is 42.6 Å². The summed E-state index contributed by atoms with van der Waals surface area (Å²) in [7, 11) is 0. The van der Waals surface area contributed by atoms with Crippen molar-refractivity contribution in [3.63, 3.8) is 0 Å². The third-order valence-electron chi connectivity index (χ3n) is 7.34. The first kappa shape index (κ1) is 19.3. The second-order valence-electron chi connectivity index (χ2n) is 9.75. The number of nitrogens with one attached hydrogen (secondary N) is 2. The maximum atomic E-state index is 13.1. The zero-order valence-corrected chi connectivity index (χ0v) is 17.5. The Morgan fingerprint density at radius 2 is 1.60 bits per heavy atom. The molecule has 5 nitrogen and oxygen atoms in total. The molecule has 6 rings (SSSR count). The number of carbonyl (C=O) groups excluding carboxylic acids is 2. The standard InChI is InChI=1S/C25H29N3O2/c1-16-2-7-22(26-14-16)28-23(29)21-5-3-17(4-6-21)15-27-24(30)25-11-18-8-19(12-25)10-20(9-18)13-25/h2-7,14,18-20H,8-13,15H2,1H3,(H,27,30)(H,26,28,29). The van der Waals surface area contributed by atoms with Crippen LogP contribution in [0.4, 0.5) is 5.82 Å². The smallest absolute Gasteiger partial charge is 0.256 e. The molecule has 0 spiro atoms. The van der Waals surface area contributed by atoms with Crippen LogP contribution in [-0.2, 0) is 11.3 Å². The molecular formula is C25H29N3O2. The lowest BCUT2D eigenvalue weighted by Crippen LogP contribution is -2.53. The molecule has 30 heavy (non-hydrogen) atoms. The van der Waals surface area contributed by atoms with Gasteiger partial charge in [-0.15, -0.1) is 0 Å². The number of benzene rings is 1. The minimum absolute atomic E-state index is 0.115. The summed E-state index contributed by atoms with van der Waals surface area (Å²) in [4.78, 5) is 29.7. The van der Waals surface area contributed by atoms with Crippen molar-refractivity contribution < 1.29 is 9.59 Å². The lowest BCUT2D eigenvalue weighted by atomic mass is 9.49. The fourth-order valence-electron chi connectivity index (χ4n) is 6.26. The van der Waals surface area contributed by atoms with Crippen molar-refractivity contribution >= 4 is 17.6 Å². The molecule has 2 amide bonds. The molecule has 5 heteroatoms. The maximum Gasteiger partial charge on any atom is 0.256 e. The fraction of sp³-hybridized carbons (Fsp3) is 0.480. The van der Waals surface area contributed by atoms with Gasteiger partial charge in [0.15, 0.2) is 0 Å². The highest BCUT2D eigenvalue weighted by molar-refractivity contribution is 6.03. The Hall–Kier alpha value is -2.69. The topological polar surface area (TPSA) is 71.1 Å². The number of nitrogens with zero attached hydrogens (tertiary/aromatic N) is 1. The first-order valence-corrected chi connectivity index (χ1v) is 11.1. The fourth-order valence-corrected chi connectivity index (χ4v) is 6.26. The van der Waals surface area contributed by atoms with E-state index in [1.54, 1.807) is 24.4 Å². The normalized spacial score (nSPS) is 28.9.